The molecule has 0 radical (unpaired) electrons. The molecule has 0 spiro atoms. The van der Waals surface area contributed by atoms with Crippen LogP contribution in [-0.4, -0.2) is 25.2 Å². The minimum Gasteiger partial charge on any atom is -0.379 e. The van der Waals surface area contributed by atoms with Crippen molar-refractivity contribution in [3.8, 4) is 0 Å². The van der Waals surface area contributed by atoms with Gasteiger partial charge in [-0.2, -0.15) is 0 Å². The Kier molecular flexibility index (Phi) is 8.68. The Bertz CT molecular complexity index is 316. The zero-order valence-electron chi connectivity index (χ0n) is 10.7. The van der Waals surface area contributed by atoms with E-state index in [9.17, 15) is 0 Å². The molecule has 1 unspecified atom stereocenters. The molecule has 18 heavy (non-hydrogen) atoms. The first kappa shape index (κ1) is 16.0. The molecule has 0 aliphatic heterocycles. The molecule has 1 aromatic rings. The average molecular weight is 336 g/mol. The monoisotopic (exact) mass is 334 g/mol. The minimum absolute atomic E-state index is 0.0528. The van der Waals surface area contributed by atoms with Gasteiger partial charge in [-0.1, -0.05) is 53.0 Å². The van der Waals surface area contributed by atoms with Gasteiger partial charge in [0.15, 0.2) is 0 Å². The lowest BCUT2D eigenvalue weighted by atomic mass is 10.1. The maximum atomic E-state index is 5.86. The number of alkyl halides is 1. The Labute approximate surface area is 123 Å². The smallest absolute Gasteiger partial charge is 0.0922 e. The third-order valence-corrected chi connectivity index (χ3v) is 3.41. The summed E-state index contributed by atoms with van der Waals surface area (Å²) in [6.45, 7) is 4.24. The van der Waals surface area contributed by atoms with Gasteiger partial charge in [-0.15, -0.1) is 0 Å². The Balaban J connectivity index is 2.27. The summed E-state index contributed by atoms with van der Waals surface area (Å²) >= 11 is 9.33. The molecule has 4 heteroatoms. The van der Waals surface area contributed by atoms with Crippen LogP contribution in [0.3, 0.4) is 0 Å². The Morgan fingerprint density at radius 3 is 2.50 bits per heavy atom. The fourth-order valence-corrected chi connectivity index (χ4v) is 2.19. The Morgan fingerprint density at radius 1 is 1.17 bits per heavy atom. The summed E-state index contributed by atoms with van der Waals surface area (Å²) in [6.07, 6.45) is 2.33. The van der Waals surface area contributed by atoms with E-state index >= 15 is 0 Å². The lowest BCUT2D eigenvalue weighted by Crippen LogP contribution is -2.11. The highest BCUT2D eigenvalue weighted by Crippen LogP contribution is 2.21. The van der Waals surface area contributed by atoms with Crippen molar-refractivity contribution >= 4 is 27.5 Å². The van der Waals surface area contributed by atoms with Crippen LogP contribution in [0.1, 0.15) is 31.4 Å². The first-order chi connectivity index (χ1) is 8.77. The Morgan fingerprint density at radius 2 is 1.89 bits per heavy atom. The zero-order valence-corrected chi connectivity index (χ0v) is 13.0. The molecule has 2 nitrogen and oxygen atoms in total. The topological polar surface area (TPSA) is 18.5 Å². The summed E-state index contributed by atoms with van der Waals surface area (Å²) in [5.41, 5.74) is 1.13. The zero-order chi connectivity index (χ0) is 13.2. The van der Waals surface area contributed by atoms with Crippen molar-refractivity contribution in [3.05, 3.63) is 34.9 Å². The highest BCUT2D eigenvalue weighted by Gasteiger charge is 2.10. The number of ether oxygens (including phenoxy) is 2. The predicted octanol–water partition coefficient (Wildman–Crippen LogP) is 4.61. The molecule has 0 heterocycles. The number of halogens is 2. The summed E-state index contributed by atoms with van der Waals surface area (Å²) in [6, 6.07) is 7.75. The molecular weight excluding hydrogens is 316 g/mol. The van der Waals surface area contributed by atoms with Crippen molar-refractivity contribution in [2.45, 2.75) is 25.9 Å². The summed E-state index contributed by atoms with van der Waals surface area (Å²) < 4.78 is 11.2. The number of unbranched alkanes of at least 4 members (excludes halogenated alkanes) is 1. The van der Waals surface area contributed by atoms with E-state index in [4.69, 9.17) is 21.1 Å². The molecule has 0 aromatic heterocycles. The molecule has 102 valence electrons. The fraction of sp³-hybridized carbons (Fsp3) is 0.571. The van der Waals surface area contributed by atoms with Crippen molar-refractivity contribution in [2.75, 3.05) is 25.2 Å². The Hall–Kier alpha value is -0.0900. The van der Waals surface area contributed by atoms with E-state index in [0.717, 1.165) is 35.4 Å². The molecule has 1 aromatic carbocycles. The van der Waals surface area contributed by atoms with E-state index in [1.807, 2.05) is 24.3 Å². The summed E-state index contributed by atoms with van der Waals surface area (Å²) in [7, 11) is 0. The molecular formula is C14H20BrClO2. The van der Waals surface area contributed by atoms with Crippen LogP contribution < -0.4 is 0 Å². The molecule has 0 saturated carbocycles. The molecule has 1 rings (SSSR count). The molecule has 0 bridgehead atoms. The van der Waals surface area contributed by atoms with E-state index in [-0.39, 0.29) is 6.10 Å². The van der Waals surface area contributed by atoms with Crippen LogP contribution in [0.4, 0.5) is 0 Å². The van der Waals surface area contributed by atoms with Gasteiger partial charge >= 0.3 is 0 Å². The fourth-order valence-electron chi connectivity index (χ4n) is 1.51. The van der Waals surface area contributed by atoms with Crippen LogP contribution >= 0.6 is 27.5 Å². The second-order valence-corrected chi connectivity index (χ2v) is 5.12. The molecule has 0 N–H and O–H groups in total. The van der Waals surface area contributed by atoms with Crippen LogP contribution in [0.5, 0.6) is 0 Å². The van der Waals surface area contributed by atoms with E-state index < -0.39 is 0 Å². The number of benzene rings is 1. The van der Waals surface area contributed by atoms with Gasteiger partial charge in [-0.05, 0) is 24.1 Å². The lowest BCUT2D eigenvalue weighted by Gasteiger charge is -2.16. The maximum Gasteiger partial charge on any atom is 0.0922 e. The van der Waals surface area contributed by atoms with Crippen molar-refractivity contribution in [2.24, 2.45) is 0 Å². The second-order valence-electron chi connectivity index (χ2n) is 4.03. The molecule has 0 fully saturated rings. The first-order valence-electron chi connectivity index (χ1n) is 6.28. The lowest BCUT2D eigenvalue weighted by molar-refractivity contribution is 0.0133. The normalized spacial score (nSPS) is 12.6. The highest BCUT2D eigenvalue weighted by atomic mass is 79.9. The quantitative estimate of drug-likeness (QED) is 0.484. The maximum absolute atomic E-state index is 5.86. The van der Waals surface area contributed by atoms with Gasteiger partial charge in [0.2, 0.25) is 0 Å². The standard InChI is InChI=1S/C14H20BrClO2/c1-2-3-8-17-9-10-18-14(11-15)12-4-6-13(16)7-5-12/h4-7,14H,2-3,8-11H2,1H3. The number of hydrogen-bond acceptors (Lipinski definition) is 2. The number of hydrogen-bond donors (Lipinski definition) is 0. The minimum atomic E-state index is 0.0528. The molecule has 1 atom stereocenters. The largest absolute Gasteiger partial charge is 0.379 e. The first-order valence-corrected chi connectivity index (χ1v) is 7.78. The average Bonchev–Trinajstić information content (AvgIpc) is 2.39. The number of rotatable bonds is 9. The van der Waals surface area contributed by atoms with Gasteiger partial charge in [-0.25, -0.2) is 0 Å². The third-order valence-electron chi connectivity index (χ3n) is 2.57. The van der Waals surface area contributed by atoms with Crippen LogP contribution in [-0.2, 0) is 9.47 Å². The van der Waals surface area contributed by atoms with Crippen molar-refractivity contribution in [1.29, 1.82) is 0 Å². The second kappa shape index (κ2) is 9.79. The third kappa shape index (κ3) is 6.19. The molecule has 0 aliphatic carbocycles. The van der Waals surface area contributed by atoms with Gasteiger partial charge in [-0.3, -0.25) is 0 Å². The predicted molar refractivity (Wildman–Crippen MR) is 79.7 cm³/mol. The summed E-state index contributed by atoms with van der Waals surface area (Å²) in [4.78, 5) is 0. The van der Waals surface area contributed by atoms with Crippen molar-refractivity contribution < 1.29 is 9.47 Å². The van der Waals surface area contributed by atoms with E-state index in [2.05, 4.69) is 22.9 Å². The van der Waals surface area contributed by atoms with Crippen LogP contribution in [0.25, 0.3) is 0 Å². The van der Waals surface area contributed by atoms with Gasteiger partial charge in [0, 0.05) is 17.0 Å². The molecule has 0 aliphatic rings. The highest BCUT2D eigenvalue weighted by molar-refractivity contribution is 9.09. The van der Waals surface area contributed by atoms with E-state index in [0.29, 0.717) is 13.2 Å². The van der Waals surface area contributed by atoms with Gasteiger partial charge < -0.3 is 9.47 Å². The van der Waals surface area contributed by atoms with Crippen LogP contribution in [0.15, 0.2) is 24.3 Å². The van der Waals surface area contributed by atoms with Crippen molar-refractivity contribution in [1.82, 2.24) is 0 Å². The van der Waals surface area contributed by atoms with Crippen LogP contribution in [0.2, 0.25) is 5.02 Å². The van der Waals surface area contributed by atoms with E-state index in [1.165, 1.54) is 0 Å². The van der Waals surface area contributed by atoms with Crippen LogP contribution in [0, 0.1) is 0 Å². The molecule has 0 saturated heterocycles. The van der Waals surface area contributed by atoms with Crippen molar-refractivity contribution in [3.63, 3.8) is 0 Å². The van der Waals surface area contributed by atoms with E-state index in [1.54, 1.807) is 0 Å². The van der Waals surface area contributed by atoms with Gasteiger partial charge in [0.1, 0.15) is 0 Å². The summed E-state index contributed by atoms with van der Waals surface area (Å²) in [5, 5.41) is 1.51. The molecule has 0 amide bonds. The summed E-state index contributed by atoms with van der Waals surface area (Å²) in [5.74, 6) is 0. The van der Waals surface area contributed by atoms with Gasteiger partial charge in [0.05, 0.1) is 19.3 Å². The van der Waals surface area contributed by atoms with Gasteiger partial charge in [0.25, 0.3) is 0 Å². The SMILES string of the molecule is CCCCOCCOC(CBr)c1ccc(Cl)cc1.